The number of nitrogens with zero attached hydrogens (tertiary/aromatic N) is 4. The normalized spacial score (nSPS) is 25.3. The maximum absolute atomic E-state index is 4.47. The molecule has 2 aliphatic rings. The first-order chi connectivity index (χ1) is 10.0. The van der Waals surface area contributed by atoms with Crippen molar-refractivity contribution in [2.45, 2.75) is 77.0 Å². The van der Waals surface area contributed by atoms with Crippen LogP contribution in [-0.2, 0) is 13.1 Å². The zero-order valence-electron chi connectivity index (χ0n) is 13.7. The molecule has 118 valence electrons. The second-order valence-corrected chi connectivity index (χ2v) is 7.36. The highest BCUT2D eigenvalue weighted by molar-refractivity contribution is 5.04. The monoisotopic (exact) mass is 291 g/mol. The minimum Gasteiger partial charge on any atom is -0.308 e. The fourth-order valence-corrected chi connectivity index (χ4v) is 3.83. The molecule has 1 saturated carbocycles. The zero-order valence-corrected chi connectivity index (χ0v) is 13.7. The molecule has 1 saturated heterocycles. The van der Waals surface area contributed by atoms with Crippen LogP contribution in [0.4, 0.5) is 0 Å². The molecule has 0 atom stereocenters. The van der Waals surface area contributed by atoms with E-state index >= 15 is 0 Å². The van der Waals surface area contributed by atoms with Gasteiger partial charge in [-0.3, -0.25) is 4.90 Å². The Morgan fingerprint density at radius 1 is 1.24 bits per heavy atom. The third-order valence-electron chi connectivity index (χ3n) is 5.38. The summed E-state index contributed by atoms with van der Waals surface area (Å²) in [4.78, 5) is 7.09. The smallest absolute Gasteiger partial charge is 0.141 e. The van der Waals surface area contributed by atoms with E-state index in [1.54, 1.807) is 6.33 Å². The summed E-state index contributed by atoms with van der Waals surface area (Å²) in [5.41, 5.74) is 0.512. The van der Waals surface area contributed by atoms with Crippen LogP contribution in [0.1, 0.15) is 58.7 Å². The van der Waals surface area contributed by atoms with Gasteiger partial charge < -0.3 is 5.32 Å². The van der Waals surface area contributed by atoms with Crippen LogP contribution in [0.3, 0.4) is 0 Å². The Morgan fingerprint density at radius 3 is 2.71 bits per heavy atom. The van der Waals surface area contributed by atoms with E-state index in [0.717, 1.165) is 32.0 Å². The van der Waals surface area contributed by atoms with Crippen LogP contribution < -0.4 is 5.32 Å². The average molecular weight is 291 g/mol. The average Bonchev–Trinajstić information content (AvgIpc) is 2.92. The summed E-state index contributed by atoms with van der Waals surface area (Å²) in [5.74, 6) is 1.10. The largest absolute Gasteiger partial charge is 0.308 e. The Labute approximate surface area is 128 Å². The zero-order chi connectivity index (χ0) is 14.9. The van der Waals surface area contributed by atoms with Crippen molar-refractivity contribution in [2.24, 2.45) is 0 Å². The summed E-state index contributed by atoms with van der Waals surface area (Å²) in [6, 6.07) is 0. The van der Waals surface area contributed by atoms with Gasteiger partial charge in [-0.15, -0.1) is 0 Å². The lowest BCUT2D eigenvalue weighted by molar-refractivity contribution is 0.00238. The van der Waals surface area contributed by atoms with Crippen molar-refractivity contribution < 1.29 is 0 Å². The molecule has 1 aromatic rings. The van der Waals surface area contributed by atoms with Gasteiger partial charge in [0.25, 0.3) is 0 Å². The second kappa shape index (κ2) is 5.69. The Balaban J connectivity index is 1.77. The van der Waals surface area contributed by atoms with E-state index in [0.29, 0.717) is 5.54 Å². The maximum Gasteiger partial charge on any atom is 0.141 e. The van der Waals surface area contributed by atoms with Gasteiger partial charge in [-0.1, -0.05) is 19.3 Å². The predicted molar refractivity (Wildman–Crippen MR) is 84.0 cm³/mol. The van der Waals surface area contributed by atoms with Crippen molar-refractivity contribution in [3.63, 3.8) is 0 Å². The number of rotatable bonds is 3. The quantitative estimate of drug-likeness (QED) is 0.927. The van der Waals surface area contributed by atoms with Gasteiger partial charge in [-0.2, -0.15) is 5.10 Å². The molecule has 21 heavy (non-hydrogen) atoms. The van der Waals surface area contributed by atoms with Crippen LogP contribution in [0.25, 0.3) is 0 Å². The summed E-state index contributed by atoms with van der Waals surface area (Å²) in [6.45, 7) is 10.8. The van der Waals surface area contributed by atoms with Crippen molar-refractivity contribution >= 4 is 0 Å². The number of hydrogen-bond donors (Lipinski definition) is 1. The molecule has 1 aliphatic carbocycles. The minimum absolute atomic E-state index is 0.174. The Hall–Kier alpha value is -0.940. The number of nitrogens with one attached hydrogen (secondary N) is 1. The van der Waals surface area contributed by atoms with Gasteiger partial charge >= 0.3 is 0 Å². The van der Waals surface area contributed by atoms with Gasteiger partial charge in [0.05, 0.1) is 6.54 Å². The molecule has 1 aromatic heterocycles. The van der Waals surface area contributed by atoms with Crippen molar-refractivity contribution in [3.05, 3.63) is 12.2 Å². The lowest BCUT2D eigenvalue weighted by atomic mass is 9.77. The number of aryl methyl sites for hydroxylation is 1. The van der Waals surface area contributed by atoms with Gasteiger partial charge in [0, 0.05) is 30.7 Å². The van der Waals surface area contributed by atoms with E-state index in [1.807, 2.05) is 4.68 Å². The highest BCUT2D eigenvalue weighted by atomic mass is 15.4. The fourth-order valence-electron chi connectivity index (χ4n) is 3.83. The van der Waals surface area contributed by atoms with Crippen molar-refractivity contribution in [1.82, 2.24) is 25.0 Å². The third-order valence-corrected chi connectivity index (χ3v) is 5.38. The van der Waals surface area contributed by atoms with Crippen LogP contribution in [0.15, 0.2) is 6.33 Å². The summed E-state index contributed by atoms with van der Waals surface area (Å²) < 4.78 is 2.02. The van der Waals surface area contributed by atoms with Crippen LogP contribution in [0, 0.1) is 0 Å². The first-order valence-electron chi connectivity index (χ1n) is 8.41. The molecule has 5 heteroatoms. The molecule has 0 bridgehead atoms. The van der Waals surface area contributed by atoms with E-state index in [1.165, 1.54) is 32.1 Å². The van der Waals surface area contributed by atoms with E-state index in [9.17, 15) is 0 Å². The third kappa shape index (κ3) is 2.99. The summed E-state index contributed by atoms with van der Waals surface area (Å²) in [7, 11) is 0. The first-order valence-corrected chi connectivity index (χ1v) is 8.41. The van der Waals surface area contributed by atoms with Crippen molar-refractivity contribution in [3.8, 4) is 0 Å². The van der Waals surface area contributed by atoms with E-state index < -0.39 is 0 Å². The number of piperazine rings is 1. The molecule has 0 unspecified atom stereocenters. The SMILES string of the molecule is CCn1ncnc1CN1CC2(CCCCC2)NCC1(C)C. The molecule has 5 nitrogen and oxygen atoms in total. The van der Waals surface area contributed by atoms with Gasteiger partial charge in [0.2, 0.25) is 0 Å². The van der Waals surface area contributed by atoms with Gasteiger partial charge in [0.15, 0.2) is 0 Å². The summed E-state index contributed by atoms with van der Waals surface area (Å²) in [5, 5.41) is 8.19. The standard InChI is InChI=1S/C16H29N5/c1-4-21-14(17-13-19-21)10-20-12-16(8-6-5-7-9-16)18-11-15(20,2)3/h13,18H,4-12H2,1-3H3. The van der Waals surface area contributed by atoms with Crippen LogP contribution in [0.5, 0.6) is 0 Å². The van der Waals surface area contributed by atoms with Crippen molar-refractivity contribution in [2.75, 3.05) is 13.1 Å². The minimum atomic E-state index is 0.174. The predicted octanol–water partition coefficient (Wildman–Crippen LogP) is 2.18. The van der Waals surface area contributed by atoms with Crippen LogP contribution in [0.2, 0.25) is 0 Å². The lowest BCUT2D eigenvalue weighted by Gasteiger charge is -2.53. The Bertz CT molecular complexity index is 473. The summed E-state index contributed by atoms with van der Waals surface area (Å²) >= 11 is 0. The number of aromatic nitrogens is 3. The Kier molecular flexibility index (Phi) is 4.06. The van der Waals surface area contributed by atoms with E-state index in [4.69, 9.17) is 0 Å². The lowest BCUT2D eigenvalue weighted by Crippen LogP contribution is -2.68. The molecule has 2 heterocycles. The first kappa shape index (κ1) is 15.0. The van der Waals surface area contributed by atoms with Crippen LogP contribution >= 0.6 is 0 Å². The molecule has 0 aromatic carbocycles. The van der Waals surface area contributed by atoms with Crippen LogP contribution in [-0.4, -0.2) is 43.8 Å². The molecule has 0 radical (unpaired) electrons. The molecule has 1 spiro atoms. The molecular weight excluding hydrogens is 262 g/mol. The molecule has 1 aliphatic heterocycles. The highest BCUT2D eigenvalue weighted by Gasteiger charge is 2.43. The fraction of sp³-hybridized carbons (Fsp3) is 0.875. The van der Waals surface area contributed by atoms with Gasteiger partial charge in [-0.25, -0.2) is 9.67 Å². The van der Waals surface area contributed by atoms with Gasteiger partial charge in [-0.05, 0) is 33.6 Å². The summed E-state index contributed by atoms with van der Waals surface area (Å²) in [6.07, 6.45) is 8.46. The molecular formula is C16H29N5. The Morgan fingerprint density at radius 2 is 2.00 bits per heavy atom. The molecule has 0 amide bonds. The van der Waals surface area contributed by atoms with E-state index in [-0.39, 0.29) is 5.54 Å². The molecule has 2 fully saturated rings. The van der Waals surface area contributed by atoms with Crippen molar-refractivity contribution in [1.29, 1.82) is 0 Å². The second-order valence-electron chi connectivity index (χ2n) is 7.36. The number of hydrogen-bond acceptors (Lipinski definition) is 4. The maximum atomic E-state index is 4.47. The highest BCUT2D eigenvalue weighted by Crippen LogP contribution is 2.35. The molecule has 3 rings (SSSR count). The van der Waals surface area contributed by atoms with Gasteiger partial charge in [0.1, 0.15) is 12.2 Å². The molecule has 1 N–H and O–H groups in total. The van der Waals surface area contributed by atoms with E-state index in [2.05, 4.69) is 41.1 Å². The topological polar surface area (TPSA) is 46.0 Å².